The number of methoxy groups -OCH3 is 1. The van der Waals surface area contributed by atoms with Crippen molar-refractivity contribution in [2.45, 2.75) is 24.2 Å². The lowest BCUT2D eigenvalue weighted by Crippen LogP contribution is -1.98. The van der Waals surface area contributed by atoms with Crippen LogP contribution in [0.25, 0.3) is 0 Å². The monoisotopic (exact) mass is 405 g/mol. The van der Waals surface area contributed by atoms with E-state index in [0.717, 1.165) is 32.1 Å². The van der Waals surface area contributed by atoms with Crippen molar-refractivity contribution in [1.82, 2.24) is 10.2 Å². The number of thioether (sulfide) groups is 1. The lowest BCUT2D eigenvalue weighted by Gasteiger charge is -2.03. The van der Waals surface area contributed by atoms with E-state index in [9.17, 15) is 4.79 Å². The molecule has 1 aromatic carbocycles. The molecule has 0 amide bonds. The van der Waals surface area contributed by atoms with E-state index < -0.39 is 0 Å². The average molecular weight is 406 g/mol. The Hall–Kier alpha value is -1.90. The van der Waals surface area contributed by atoms with Gasteiger partial charge in [0, 0.05) is 11.4 Å². The molecule has 3 rings (SSSR count). The summed E-state index contributed by atoms with van der Waals surface area (Å²) < 4.78 is 5.95. The molecule has 1 N–H and O–H groups in total. The maximum atomic E-state index is 12.2. The van der Waals surface area contributed by atoms with Crippen LogP contribution in [0, 0.1) is 0 Å². The molecule has 0 spiro atoms. The molecule has 26 heavy (non-hydrogen) atoms. The quantitative estimate of drug-likeness (QED) is 0.409. The van der Waals surface area contributed by atoms with Crippen LogP contribution in [-0.4, -0.2) is 28.8 Å². The van der Waals surface area contributed by atoms with Crippen LogP contribution in [0.1, 0.15) is 27.0 Å². The van der Waals surface area contributed by atoms with Gasteiger partial charge in [-0.15, -0.1) is 21.5 Å². The summed E-state index contributed by atoms with van der Waals surface area (Å²) in [5.41, 5.74) is 1.13. The van der Waals surface area contributed by atoms with Gasteiger partial charge in [-0.2, -0.15) is 0 Å². The Morgan fingerprint density at radius 2 is 1.96 bits per heavy atom. The number of thiophene rings is 1. The maximum absolute atomic E-state index is 12.2. The molecule has 0 bridgehead atoms. The molecule has 2 aromatic heterocycles. The number of ether oxygens (including phenoxy) is 1. The molecule has 0 radical (unpaired) electrons. The Morgan fingerprint density at radius 3 is 2.65 bits per heavy atom. The third kappa shape index (κ3) is 5.06. The van der Waals surface area contributed by atoms with Gasteiger partial charge in [0.15, 0.2) is 10.1 Å². The van der Waals surface area contributed by atoms with Crippen molar-refractivity contribution in [3.63, 3.8) is 0 Å². The number of anilines is 1. The number of nitrogens with zero attached hydrogens (tertiary/aromatic N) is 2. The number of aromatic nitrogens is 2. The minimum Gasteiger partial charge on any atom is -0.497 e. The number of rotatable bonds is 9. The zero-order valence-electron chi connectivity index (χ0n) is 14.5. The van der Waals surface area contributed by atoms with Crippen molar-refractivity contribution < 1.29 is 9.53 Å². The van der Waals surface area contributed by atoms with Gasteiger partial charge in [-0.25, -0.2) is 0 Å². The van der Waals surface area contributed by atoms with Gasteiger partial charge in [0.05, 0.1) is 17.7 Å². The molecule has 0 atom stereocenters. The first-order valence-corrected chi connectivity index (χ1v) is 10.7. The lowest BCUT2D eigenvalue weighted by atomic mass is 10.2. The highest BCUT2D eigenvalue weighted by Crippen LogP contribution is 2.27. The Bertz CT molecular complexity index is 859. The summed E-state index contributed by atoms with van der Waals surface area (Å²) in [4.78, 5) is 14.3. The number of Topliss-reactive ketones (excluding diaryl/α,β-unsaturated/α-hetero) is 1. The van der Waals surface area contributed by atoms with Crippen LogP contribution in [0.5, 0.6) is 5.75 Å². The summed E-state index contributed by atoms with van der Waals surface area (Å²) in [5.74, 6) is 1.36. The largest absolute Gasteiger partial charge is 0.497 e. The minimum absolute atomic E-state index is 0.141. The summed E-state index contributed by atoms with van der Waals surface area (Å²) in [6.07, 6.45) is 0.963. The van der Waals surface area contributed by atoms with E-state index >= 15 is 0 Å². The third-order valence-electron chi connectivity index (χ3n) is 3.62. The van der Waals surface area contributed by atoms with Gasteiger partial charge in [-0.3, -0.25) is 4.79 Å². The van der Waals surface area contributed by atoms with Crippen molar-refractivity contribution in [3.05, 3.63) is 51.7 Å². The van der Waals surface area contributed by atoms with Crippen LogP contribution in [0.3, 0.4) is 0 Å². The highest BCUT2D eigenvalue weighted by Gasteiger charge is 2.12. The predicted octanol–water partition coefficient (Wildman–Crippen LogP) is 4.76. The number of carbonyl (C=O) groups excluding carboxylic acids is 1. The predicted molar refractivity (Wildman–Crippen MR) is 109 cm³/mol. The molecule has 0 fully saturated rings. The molecule has 0 unspecified atom stereocenters. The number of carbonyl (C=O) groups is 1. The van der Waals surface area contributed by atoms with Gasteiger partial charge >= 0.3 is 0 Å². The maximum Gasteiger partial charge on any atom is 0.206 e. The smallest absolute Gasteiger partial charge is 0.206 e. The highest BCUT2D eigenvalue weighted by atomic mass is 32.2. The van der Waals surface area contributed by atoms with Crippen LogP contribution in [-0.2, 0) is 13.0 Å². The van der Waals surface area contributed by atoms with Gasteiger partial charge in [0.1, 0.15) is 5.75 Å². The topological polar surface area (TPSA) is 64.1 Å². The molecule has 0 saturated heterocycles. The second-order valence-corrected chi connectivity index (χ2v) is 8.77. The van der Waals surface area contributed by atoms with Crippen LogP contribution in [0.4, 0.5) is 5.13 Å². The van der Waals surface area contributed by atoms with E-state index in [1.165, 1.54) is 28.0 Å². The highest BCUT2D eigenvalue weighted by molar-refractivity contribution is 8.01. The molecule has 3 aromatic rings. The van der Waals surface area contributed by atoms with Crippen LogP contribution in [0.2, 0.25) is 0 Å². The van der Waals surface area contributed by atoms with E-state index in [2.05, 4.69) is 22.4 Å². The number of ketones is 1. The lowest BCUT2D eigenvalue weighted by molar-refractivity contribution is 0.102. The molecule has 0 saturated carbocycles. The fraction of sp³-hybridized carbons (Fsp3) is 0.278. The zero-order chi connectivity index (χ0) is 18.4. The average Bonchev–Trinajstić information content (AvgIpc) is 3.34. The van der Waals surface area contributed by atoms with Gasteiger partial charge in [0.25, 0.3) is 0 Å². The number of hydrogen-bond donors (Lipinski definition) is 1. The van der Waals surface area contributed by atoms with Crippen molar-refractivity contribution >= 4 is 45.4 Å². The molecule has 5 nitrogen and oxygen atoms in total. The van der Waals surface area contributed by atoms with E-state index in [4.69, 9.17) is 4.74 Å². The second-order valence-electron chi connectivity index (χ2n) is 5.41. The van der Waals surface area contributed by atoms with E-state index in [-0.39, 0.29) is 5.78 Å². The first-order valence-electron chi connectivity index (χ1n) is 8.13. The summed E-state index contributed by atoms with van der Waals surface area (Å²) in [5, 5.41) is 12.3. The van der Waals surface area contributed by atoms with Crippen molar-refractivity contribution in [2.24, 2.45) is 0 Å². The van der Waals surface area contributed by atoms with Gasteiger partial charge in [-0.1, -0.05) is 42.2 Å². The Balaban J connectivity index is 1.48. The standard InChI is InChI=1S/C18H19N3O2S3/c1-3-14-8-9-16(25-14)15(22)11-24-18-21-20-17(26-18)19-10-12-4-6-13(23-2)7-5-12/h4-9H,3,10-11H2,1-2H3,(H,19,20). The van der Waals surface area contributed by atoms with Crippen LogP contribution < -0.4 is 10.1 Å². The van der Waals surface area contributed by atoms with Crippen molar-refractivity contribution in [3.8, 4) is 5.75 Å². The van der Waals surface area contributed by atoms with Crippen LogP contribution in [0.15, 0.2) is 40.7 Å². The molecular weight excluding hydrogens is 386 g/mol. The van der Waals surface area contributed by atoms with Gasteiger partial charge < -0.3 is 10.1 Å². The second kappa shape index (κ2) is 9.16. The number of nitrogens with one attached hydrogen (secondary N) is 1. The Kier molecular flexibility index (Phi) is 6.65. The van der Waals surface area contributed by atoms with Crippen molar-refractivity contribution in [2.75, 3.05) is 18.2 Å². The summed E-state index contributed by atoms with van der Waals surface area (Å²) in [6.45, 7) is 2.76. The zero-order valence-corrected chi connectivity index (χ0v) is 17.0. The minimum atomic E-state index is 0.141. The summed E-state index contributed by atoms with van der Waals surface area (Å²) in [7, 11) is 1.65. The third-order valence-corrected chi connectivity index (χ3v) is 6.91. The Morgan fingerprint density at radius 1 is 1.15 bits per heavy atom. The number of hydrogen-bond acceptors (Lipinski definition) is 8. The molecule has 0 aliphatic rings. The summed E-state index contributed by atoms with van der Waals surface area (Å²) >= 11 is 4.47. The first-order chi connectivity index (χ1) is 12.7. The molecule has 8 heteroatoms. The SMILES string of the molecule is CCc1ccc(C(=O)CSc2nnc(NCc3ccc(OC)cc3)s2)s1. The van der Waals surface area contributed by atoms with E-state index in [0.29, 0.717) is 12.3 Å². The number of benzene rings is 1. The normalized spacial score (nSPS) is 10.7. The first kappa shape index (κ1) is 18.9. The van der Waals surface area contributed by atoms with E-state index in [1.54, 1.807) is 18.4 Å². The molecule has 136 valence electrons. The summed E-state index contributed by atoms with van der Waals surface area (Å²) in [6, 6.07) is 11.8. The Labute approximate surface area is 164 Å². The molecule has 0 aliphatic carbocycles. The molecule has 2 heterocycles. The van der Waals surface area contributed by atoms with Crippen LogP contribution >= 0.6 is 34.4 Å². The van der Waals surface area contributed by atoms with Gasteiger partial charge in [0.2, 0.25) is 5.13 Å². The fourth-order valence-electron chi connectivity index (χ4n) is 2.18. The molecular formula is C18H19N3O2S3. The fourth-order valence-corrected chi connectivity index (χ4v) is 4.78. The molecule has 0 aliphatic heterocycles. The van der Waals surface area contributed by atoms with Crippen molar-refractivity contribution in [1.29, 1.82) is 0 Å². The van der Waals surface area contributed by atoms with Gasteiger partial charge in [-0.05, 0) is 36.2 Å². The van der Waals surface area contributed by atoms with E-state index in [1.807, 2.05) is 36.4 Å². The number of aryl methyl sites for hydroxylation is 1.